The summed E-state index contributed by atoms with van der Waals surface area (Å²) in [7, 11) is 1.93. The summed E-state index contributed by atoms with van der Waals surface area (Å²) in [5, 5.41) is 3.29. The Morgan fingerprint density at radius 1 is 1.24 bits per heavy atom. The van der Waals surface area contributed by atoms with E-state index in [1.807, 2.05) is 19.2 Å². The summed E-state index contributed by atoms with van der Waals surface area (Å²) >= 11 is 7.01. The van der Waals surface area contributed by atoms with E-state index in [0.717, 1.165) is 14.7 Å². The maximum Gasteiger partial charge on any atom is 0.139 e. The zero-order valence-corrected chi connectivity index (χ0v) is 12.8. The first-order valence-electron chi connectivity index (χ1n) is 5.29. The Morgan fingerprint density at radius 2 is 2.00 bits per heavy atom. The summed E-state index contributed by atoms with van der Waals surface area (Å²) in [6.45, 7) is 2.10. The summed E-state index contributed by atoms with van der Waals surface area (Å²) in [5.41, 5.74) is 2.44. The van der Waals surface area contributed by atoms with Crippen LogP contribution in [-0.4, -0.2) is 7.05 Å². The lowest BCUT2D eigenvalue weighted by Crippen LogP contribution is -2.18. The van der Waals surface area contributed by atoms with E-state index in [0.29, 0.717) is 0 Å². The number of hydrogen-bond donors (Lipinski definition) is 1. The lowest BCUT2D eigenvalue weighted by Gasteiger charge is -2.17. The molecule has 0 saturated heterocycles. The smallest absolute Gasteiger partial charge is 0.139 e. The van der Waals surface area contributed by atoms with Crippen molar-refractivity contribution in [2.75, 3.05) is 7.05 Å². The van der Waals surface area contributed by atoms with Gasteiger partial charge in [0.1, 0.15) is 5.76 Å². The highest BCUT2D eigenvalue weighted by Crippen LogP contribution is 2.32. The largest absolute Gasteiger partial charge is 0.466 e. The number of nitrogens with one attached hydrogen (secondary N) is 1. The van der Waals surface area contributed by atoms with E-state index >= 15 is 0 Å². The van der Waals surface area contributed by atoms with E-state index in [1.54, 1.807) is 6.26 Å². The highest BCUT2D eigenvalue weighted by molar-refractivity contribution is 9.10. The van der Waals surface area contributed by atoms with Crippen molar-refractivity contribution in [2.24, 2.45) is 0 Å². The molecule has 0 bridgehead atoms. The number of benzene rings is 1. The maximum absolute atomic E-state index is 5.54. The lowest BCUT2D eigenvalue weighted by atomic mass is 10.00. The van der Waals surface area contributed by atoms with Crippen molar-refractivity contribution in [3.05, 3.63) is 56.4 Å². The summed E-state index contributed by atoms with van der Waals surface area (Å²) < 4.78 is 7.59. The number of rotatable bonds is 3. The van der Waals surface area contributed by atoms with Crippen molar-refractivity contribution >= 4 is 31.9 Å². The summed E-state index contributed by atoms with van der Waals surface area (Å²) in [5.74, 6) is 0.897. The van der Waals surface area contributed by atoms with Gasteiger partial charge in [-0.3, -0.25) is 0 Å². The van der Waals surface area contributed by atoms with Gasteiger partial charge in [0.15, 0.2) is 0 Å². The van der Waals surface area contributed by atoms with Gasteiger partial charge in [0.2, 0.25) is 0 Å². The Labute approximate surface area is 118 Å². The Kier molecular flexibility index (Phi) is 4.07. The van der Waals surface area contributed by atoms with Crippen LogP contribution in [-0.2, 0) is 0 Å². The molecule has 0 amide bonds. The maximum atomic E-state index is 5.54. The second kappa shape index (κ2) is 5.38. The van der Waals surface area contributed by atoms with Crippen LogP contribution >= 0.6 is 31.9 Å². The number of furan rings is 1. The molecule has 0 fully saturated rings. The van der Waals surface area contributed by atoms with Gasteiger partial charge >= 0.3 is 0 Å². The molecule has 1 N–H and O–H groups in total. The van der Waals surface area contributed by atoms with E-state index < -0.39 is 0 Å². The van der Waals surface area contributed by atoms with Crippen molar-refractivity contribution in [1.29, 1.82) is 0 Å². The van der Waals surface area contributed by atoms with E-state index in [-0.39, 0.29) is 6.04 Å². The molecule has 0 radical (unpaired) electrons. The van der Waals surface area contributed by atoms with Crippen LogP contribution in [0.3, 0.4) is 0 Å². The summed E-state index contributed by atoms with van der Waals surface area (Å²) in [6.07, 6.45) is 1.69. The fourth-order valence-corrected chi connectivity index (χ4v) is 2.67. The van der Waals surface area contributed by atoms with Crippen LogP contribution in [0, 0.1) is 6.92 Å². The Bertz CT molecular complexity index is 522. The lowest BCUT2D eigenvalue weighted by molar-refractivity contribution is 0.460. The zero-order chi connectivity index (χ0) is 12.4. The van der Waals surface area contributed by atoms with Crippen LogP contribution in [0.2, 0.25) is 0 Å². The van der Waals surface area contributed by atoms with E-state index in [2.05, 4.69) is 56.2 Å². The standard InChI is InChI=1S/C13H13Br2NO/c1-8-3-4-9(14)7-10(8)12(16-2)13-11(15)5-6-17-13/h3-7,12,16H,1-2H3. The molecule has 1 heterocycles. The van der Waals surface area contributed by atoms with Crippen LogP contribution in [0.25, 0.3) is 0 Å². The van der Waals surface area contributed by atoms with Crippen LogP contribution in [0.4, 0.5) is 0 Å². The topological polar surface area (TPSA) is 25.2 Å². The van der Waals surface area contributed by atoms with Crippen LogP contribution in [0.5, 0.6) is 0 Å². The van der Waals surface area contributed by atoms with E-state index in [9.17, 15) is 0 Å². The van der Waals surface area contributed by atoms with Gasteiger partial charge < -0.3 is 9.73 Å². The van der Waals surface area contributed by atoms with Gasteiger partial charge in [0.05, 0.1) is 16.8 Å². The third-order valence-corrected chi connectivity index (χ3v) is 3.90. The molecule has 0 aliphatic carbocycles. The molecular weight excluding hydrogens is 346 g/mol. The summed E-state index contributed by atoms with van der Waals surface area (Å²) in [6, 6.07) is 8.22. The highest BCUT2D eigenvalue weighted by Gasteiger charge is 2.20. The van der Waals surface area contributed by atoms with Gasteiger partial charge in [-0.2, -0.15) is 0 Å². The van der Waals surface area contributed by atoms with Gasteiger partial charge in [-0.15, -0.1) is 0 Å². The first-order valence-corrected chi connectivity index (χ1v) is 6.88. The molecule has 4 heteroatoms. The molecule has 1 aromatic carbocycles. The van der Waals surface area contributed by atoms with Gasteiger partial charge in [0.25, 0.3) is 0 Å². The normalized spacial score (nSPS) is 12.7. The second-order valence-electron chi connectivity index (χ2n) is 3.86. The van der Waals surface area contributed by atoms with Crippen molar-refractivity contribution in [3.63, 3.8) is 0 Å². The molecule has 2 nitrogen and oxygen atoms in total. The van der Waals surface area contributed by atoms with Crippen LogP contribution in [0.1, 0.15) is 22.9 Å². The van der Waals surface area contributed by atoms with Gasteiger partial charge in [-0.05, 0) is 59.2 Å². The molecule has 1 unspecified atom stereocenters. The molecule has 0 aliphatic rings. The fraction of sp³-hybridized carbons (Fsp3) is 0.231. The van der Waals surface area contributed by atoms with Crippen LogP contribution < -0.4 is 5.32 Å². The van der Waals surface area contributed by atoms with Gasteiger partial charge in [-0.1, -0.05) is 22.0 Å². The molecule has 17 heavy (non-hydrogen) atoms. The first-order chi connectivity index (χ1) is 8.13. The third kappa shape index (κ3) is 2.64. The minimum atomic E-state index is 0.0527. The van der Waals surface area contributed by atoms with Crippen molar-refractivity contribution in [1.82, 2.24) is 5.32 Å². The Morgan fingerprint density at radius 3 is 2.59 bits per heavy atom. The Hall–Kier alpha value is -0.580. The van der Waals surface area contributed by atoms with Gasteiger partial charge in [0, 0.05) is 4.47 Å². The highest BCUT2D eigenvalue weighted by atomic mass is 79.9. The van der Waals surface area contributed by atoms with Crippen molar-refractivity contribution in [3.8, 4) is 0 Å². The van der Waals surface area contributed by atoms with E-state index in [4.69, 9.17) is 4.42 Å². The average molecular weight is 359 g/mol. The van der Waals surface area contributed by atoms with Crippen molar-refractivity contribution < 1.29 is 4.42 Å². The second-order valence-corrected chi connectivity index (χ2v) is 5.63. The molecule has 90 valence electrons. The first kappa shape index (κ1) is 12.9. The molecular formula is C13H13Br2NO. The van der Waals surface area contributed by atoms with Crippen LogP contribution in [0.15, 0.2) is 43.9 Å². The van der Waals surface area contributed by atoms with Crippen molar-refractivity contribution in [2.45, 2.75) is 13.0 Å². The average Bonchev–Trinajstić information content (AvgIpc) is 2.71. The number of hydrogen-bond acceptors (Lipinski definition) is 2. The number of halogens is 2. The quantitative estimate of drug-likeness (QED) is 0.878. The molecule has 1 aromatic heterocycles. The minimum absolute atomic E-state index is 0.0527. The van der Waals surface area contributed by atoms with E-state index in [1.165, 1.54) is 11.1 Å². The molecule has 0 spiro atoms. The van der Waals surface area contributed by atoms with Gasteiger partial charge in [-0.25, -0.2) is 0 Å². The number of aryl methyl sites for hydroxylation is 1. The minimum Gasteiger partial charge on any atom is -0.466 e. The predicted molar refractivity (Wildman–Crippen MR) is 76.2 cm³/mol. The molecule has 0 saturated carbocycles. The molecule has 2 aromatic rings. The third-order valence-electron chi connectivity index (χ3n) is 2.75. The fourth-order valence-electron chi connectivity index (χ4n) is 1.86. The summed E-state index contributed by atoms with van der Waals surface area (Å²) in [4.78, 5) is 0. The SMILES string of the molecule is CNC(c1cc(Br)ccc1C)c1occc1Br. The molecule has 1 atom stereocenters. The molecule has 2 rings (SSSR count). The Balaban J connectivity index is 2.49. The predicted octanol–water partition coefficient (Wildman–Crippen LogP) is 4.42. The zero-order valence-electron chi connectivity index (χ0n) is 9.63. The molecule has 0 aliphatic heterocycles. The monoisotopic (exact) mass is 357 g/mol.